The first-order valence-corrected chi connectivity index (χ1v) is 7.46. The van der Waals surface area contributed by atoms with Gasteiger partial charge in [0.05, 0.1) is 37.8 Å². The quantitative estimate of drug-likeness (QED) is 0.737. The third-order valence-electron chi connectivity index (χ3n) is 3.77. The van der Waals surface area contributed by atoms with Crippen molar-refractivity contribution in [3.05, 3.63) is 47.9 Å². The molecule has 2 heterocycles. The van der Waals surface area contributed by atoms with Crippen LogP contribution in [-0.2, 0) is 23.8 Å². The molecule has 136 valence electrons. The number of anilines is 1. The number of hydrogen-bond donors (Lipinski definition) is 0. The largest absolute Gasteiger partial charge is 0.466 e. The van der Waals surface area contributed by atoms with Crippen LogP contribution in [0.1, 0.15) is 0 Å². The number of halogens is 1. The van der Waals surface area contributed by atoms with E-state index in [1.165, 1.54) is 50.0 Å². The van der Waals surface area contributed by atoms with Gasteiger partial charge in [-0.25, -0.2) is 14.0 Å². The zero-order valence-electron chi connectivity index (χ0n) is 14.0. The van der Waals surface area contributed by atoms with Gasteiger partial charge in [-0.05, 0) is 18.2 Å². The van der Waals surface area contributed by atoms with Crippen molar-refractivity contribution in [2.45, 2.75) is 0 Å². The van der Waals surface area contributed by atoms with Crippen molar-refractivity contribution in [1.82, 2.24) is 14.8 Å². The summed E-state index contributed by atoms with van der Waals surface area (Å²) in [6.07, 6.45) is 2.89. The van der Waals surface area contributed by atoms with Gasteiger partial charge in [0, 0.05) is 0 Å². The third kappa shape index (κ3) is 3.14. The summed E-state index contributed by atoms with van der Waals surface area (Å²) in [5, 5.41) is 7.40. The maximum Gasteiger partial charge on any atom is 0.355 e. The number of carbonyl (C=O) groups excluding carboxylic acids is 2. The summed E-state index contributed by atoms with van der Waals surface area (Å²) in [7, 11) is 2.35. The Hall–Kier alpha value is -3.27. The molecule has 0 amide bonds. The van der Waals surface area contributed by atoms with E-state index in [9.17, 15) is 14.0 Å². The predicted octanol–water partition coefficient (Wildman–Crippen LogP) is 0.801. The zero-order valence-corrected chi connectivity index (χ0v) is 14.0. The molecular weight excluding hydrogens is 347 g/mol. The van der Waals surface area contributed by atoms with E-state index in [4.69, 9.17) is 9.47 Å². The molecule has 0 N–H and O–H groups in total. The van der Waals surface area contributed by atoms with E-state index >= 15 is 0 Å². The number of ether oxygens (including phenoxy) is 3. The normalized spacial score (nSPS) is 14.3. The van der Waals surface area contributed by atoms with Gasteiger partial charge in [-0.2, -0.15) is 0 Å². The van der Waals surface area contributed by atoms with Gasteiger partial charge in [0.1, 0.15) is 30.9 Å². The van der Waals surface area contributed by atoms with Crippen LogP contribution in [0.3, 0.4) is 0 Å². The first-order chi connectivity index (χ1) is 12.6. The molecule has 0 bridgehead atoms. The molecule has 0 saturated heterocycles. The van der Waals surface area contributed by atoms with Gasteiger partial charge in [-0.3, -0.25) is 4.57 Å². The molecule has 0 saturated carbocycles. The van der Waals surface area contributed by atoms with Gasteiger partial charge in [0.2, 0.25) is 0 Å². The van der Waals surface area contributed by atoms with E-state index < -0.39 is 17.8 Å². The molecule has 0 unspecified atom stereocenters. The summed E-state index contributed by atoms with van der Waals surface area (Å²) in [6.45, 7) is -0.298. The average molecular weight is 362 g/mol. The fraction of sp³-hybridized carbons (Fsp3) is 0.250. The van der Waals surface area contributed by atoms with Crippen molar-refractivity contribution in [2.75, 3.05) is 32.5 Å². The van der Waals surface area contributed by atoms with Crippen molar-refractivity contribution in [3.8, 4) is 5.69 Å². The molecule has 10 heteroatoms. The number of rotatable bonds is 4. The molecule has 1 aromatic carbocycles. The fourth-order valence-electron chi connectivity index (χ4n) is 2.54. The van der Waals surface area contributed by atoms with E-state index in [-0.39, 0.29) is 30.3 Å². The van der Waals surface area contributed by atoms with Crippen molar-refractivity contribution in [3.63, 3.8) is 0 Å². The van der Waals surface area contributed by atoms with Crippen LogP contribution in [0.4, 0.5) is 10.1 Å². The monoisotopic (exact) mass is 362 g/mol. The molecule has 1 aliphatic rings. The predicted molar refractivity (Wildman–Crippen MR) is 85.7 cm³/mol. The van der Waals surface area contributed by atoms with Gasteiger partial charge in [0.15, 0.2) is 0 Å². The molecule has 1 aliphatic heterocycles. The summed E-state index contributed by atoms with van der Waals surface area (Å²) in [5.74, 6) is -2.17. The van der Waals surface area contributed by atoms with Crippen LogP contribution in [0.2, 0.25) is 0 Å². The first kappa shape index (κ1) is 17.5. The lowest BCUT2D eigenvalue weighted by molar-refractivity contribution is -0.140. The van der Waals surface area contributed by atoms with E-state index in [2.05, 4.69) is 14.9 Å². The third-order valence-corrected chi connectivity index (χ3v) is 3.77. The molecule has 0 aliphatic carbocycles. The molecule has 0 radical (unpaired) electrons. The highest BCUT2D eigenvalue weighted by molar-refractivity contribution is 6.03. The molecule has 0 spiro atoms. The van der Waals surface area contributed by atoms with Gasteiger partial charge < -0.3 is 19.1 Å². The Morgan fingerprint density at radius 3 is 2.50 bits per heavy atom. The van der Waals surface area contributed by atoms with Gasteiger partial charge >= 0.3 is 11.9 Å². The Morgan fingerprint density at radius 1 is 1.15 bits per heavy atom. The topological polar surface area (TPSA) is 95.8 Å². The van der Waals surface area contributed by atoms with Crippen LogP contribution >= 0.6 is 0 Å². The first-order valence-electron chi connectivity index (χ1n) is 7.46. The van der Waals surface area contributed by atoms with Crippen molar-refractivity contribution in [1.29, 1.82) is 0 Å². The highest BCUT2D eigenvalue weighted by Gasteiger charge is 2.33. The number of nitrogens with zero attached hydrogens (tertiary/aromatic N) is 4. The maximum atomic E-state index is 14.5. The standard InChI is InChI=1S/C16H15FN4O5/c1-24-15(22)11-6-26-9-21(14(11)16(23)25-2)13-5-10(3-4-12(13)17)20-7-18-19-8-20/h3-5,7-8H,6,9H2,1-2H3. The van der Waals surface area contributed by atoms with Crippen molar-refractivity contribution >= 4 is 17.6 Å². The smallest absolute Gasteiger partial charge is 0.355 e. The van der Waals surface area contributed by atoms with E-state index in [0.717, 1.165) is 0 Å². The summed E-state index contributed by atoms with van der Waals surface area (Å²) >= 11 is 0. The molecule has 0 fully saturated rings. The van der Waals surface area contributed by atoms with Crippen LogP contribution < -0.4 is 4.90 Å². The van der Waals surface area contributed by atoms with Crippen LogP contribution in [-0.4, -0.2) is 54.3 Å². The fourth-order valence-corrected chi connectivity index (χ4v) is 2.54. The number of aromatic nitrogens is 3. The number of carbonyl (C=O) groups is 2. The van der Waals surface area contributed by atoms with Crippen LogP contribution in [0.25, 0.3) is 5.69 Å². The van der Waals surface area contributed by atoms with Crippen LogP contribution in [0, 0.1) is 5.82 Å². The Morgan fingerprint density at radius 2 is 1.85 bits per heavy atom. The van der Waals surface area contributed by atoms with Crippen LogP contribution in [0.15, 0.2) is 42.1 Å². The van der Waals surface area contributed by atoms with E-state index in [1.54, 1.807) is 4.57 Å². The van der Waals surface area contributed by atoms with E-state index in [1.807, 2.05) is 0 Å². The molecule has 2 aromatic rings. The van der Waals surface area contributed by atoms with Crippen molar-refractivity contribution in [2.24, 2.45) is 0 Å². The highest BCUT2D eigenvalue weighted by atomic mass is 19.1. The Bertz CT molecular complexity index is 866. The molecule has 26 heavy (non-hydrogen) atoms. The molecular formula is C16H15FN4O5. The Balaban J connectivity index is 2.13. The lowest BCUT2D eigenvalue weighted by atomic mass is 10.1. The highest BCUT2D eigenvalue weighted by Crippen LogP contribution is 2.30. The lowest BCUT2D eigenvalue weighted by Gasteiger charge is -2.31. The van der Waals surface area contributed by atoms with Gasteiger partial charge in [-0.1, -0.05) is 0 Å². The number of esters is 2. The Labute approximate surface area is 147 Å². The number of methoxy groups -OCH3 is 2. The number of hydrogen-bond acceptors (Lipinski definition) is 8. The maximum absolute atomic E-state index is 14.5. The Kier molecular flexibility index (Phi) is 4.94. The summed E-state index contributed by atoms with van der Waals surface area (Å²) in [4.78, 5) is 25.5. The minimum Gasteiger partial charge on any atom is -0.466 e. The van der Waals surface area contributed by atoms with E-state index in [0.29, 0.717) is 5.69 Å². The second-order valence-corrected chi connectivity index (χ2v) is 5.22. The molecule has 1 aromatic heterocycles. The summed E-state index contributed by atoms with van der Waals surface area (Å²) < 4.78 is 30.9. The summed E-state index contributed by atoms with van der Waals surface area (Å²) in [6, 6.07) is 4.23. The minimum atomic E-state index is -0.803. The molecule has 9 nitrogen and oxygen atoms in total. The molecule has 3 rings (SSSR count). The SMILES string of the molecule is COC(=O)C1=C(C(=O)OC)N(c2cc(-n3cnnc3)ccc2F)COC1. The van der Waals surface area contributed by atoms with Gasteiger partial charge in [-0.15, -0.1) is 10.2 Å². The lowest BCUT2D eigenvalue weighted by Crippen LogP contribution is -2.39. The average Bonchev–Trinajstić information content (AvgIpc) is 3.21. The van der Waals surface area contributed by atoms with Crippen molar-refractivity contribution < 1.29 is 28.2 Å². The zero-order chi connectivity index (χ0) is 18.7. The second-order valence-electron chi connectivity index (χ2n) is 5.22. The van der Waals surface area contributed by atoms with Crippen LogP contribution in [0.5, 0.6) is 0 Å². The second kappa shape index (κ2) is 7.31. The molecule has 0 atom stereocenters. The van der Waals surface area contributed by atoms with Gasteiger partial charge in [0.25, 0.3) is 0 Å². The summed E-state index contributed by atoms with van der Waals surface area (Å²) in [5.41, 5.74) is 0.392. The number of benzene rings is 1. The minimum absolute atomic E-state index is 0.0257.